The Morgan fingerprint density at radius 3 is 2.76 bits per heavy atom. The molecule has 1 N–H and O–H groups in total. The number of pyridine rings is 1. The van der Waals surface area contributed by atoms with Crippen LogP contribution in [0.4, 0.5) is 4.39 Å². The Hall–Kier alpha value is -3.41. The van der Waals surface area contributed by atoms with E-state index in [9.17, 15) is 14.3 Å². The molecule has 0 unspecified atom stereocenters. The van der Waals surface area contributed by atoms with Gasteiger partial charge in [-0.05, 0) is 42.5 Å². The van der Waals surface area contributed by atoms with Gasteiger partial charge < -0.3 is 14.3 Å². The smallest absolute Gasteiger partial charge is 0.336 e. The van der Waals surface area contributed by atoms with Gasteiger partial charge >= 0.3 is 5.97 Å². The van der Waals surface area contributed by atoms with E-state index in [-0.39, 0.29) is 10.9 Å². The van der Waals surface area contributed by atoms with Crippen LogP contribution in [-0.4, -0.2) is 23.2 Å². The Morgan fingerprint density at radius 1 is 1.16 bits per heavy atom. The van der Waals surface area contributed by atoms with Crippen LogP contribution in [-0.2, 0) is 0 Å². The molecule has 0 saturated heterocycles. The van der Waals surface area contributed by atoms with E-state index < -0.39 is 11.8 Å². The Morgan fingerprint density at radius 2 is 2.00 bits per heavy atom. The Labute approximate surface area is 141 Å². The molecule has 0 aliphatic heterocycles. The van der Waals surface area contributed by atoms with Crippen LogP contribution in [0.15, 0.2) is 52.9 Å². The topological polar surface area (TPSA) is 72.6 Å². The average molecular weight is 337 g/mol. The van der Waals surface area contributed by atoms with Crippen molar-refractivity contribution in [1.82, 2.24) is 4.98 Å². The fourth-order valence-corrected chi connectivity index (χ4v) is 2.77. The molecule has 4 aromatic rings. The molecule has 0 aliphatic rings. The van der Waals surface area contributed by atoms with Gasteiger partial charge in [0.25, 0.3) is 0 Å². The molecule has 2 heterocycles. The monoisotopic (exact) mass is 337 g/mol. The minimum absolute atomic E-state index is 0.0301. The molecule has 0 bridgehead atoms. The van der Waals surface area contributed by atoms with Crippen LogP contribution < -0.4 is 4.74 Å². The fraction of sp³-hybridized carbons (Fsp3) is 0.0526. The zero-order valence-electron chi connectivity index (χ0n) is 13.1. The molecule has 0 aliphatic carbocycles. The Balaban J connectivity index is 1.94. The molecule has 2 aromatic heterocycles. The maximum atomic E-state index is 13.5. The van der Waals surface area contributed by atoms with Crippen LogP contribution in [0.2, 0.25) is 0 Å². The highest BCUT2D eigenvalue weighted by Crippen LogP contribution is 2.31. The number of nitrogens with zero attached hydrogens (tertiary/aromatic N) is 1. The van der Waals surface area contributed by atoms with Crippen molar-refractivity contribution in [3.63, 3.8) is 0 Å². The lowest BCUT2D eigenvalue weighted by atomic mass is 10.1. The van der Waals surface area contributed by atoms with E-state index >= 15 is 0 Å². The minimum Gasteiger partial charge on any atom is -0.497 e. The number of carboxylic acid groups (broad SMARTS) is 1. The summed E-state index contributed by atoms with van der Waals surface area (Å²) in [5, 5.41) is 10.5. The van der Waals surface area contributed by atoms with Crippen molar-refractivity contribution < 1.29 is 23.4 Å². The van der Waals surface area contributed by atoms with Crippen molar-refractivity contribution in [2.45, 2.75) is 0 Å². The second-order valence-corrected chi connectivity index (χ2v) is 5.54. The van der Waals surface area contributed by atoms with Crippen LogP contribution >= 0.6 is 0 Å². The molecule has 4 rings (SSSR count). The summed E-state index contributed by atoms with van der Waals surface area (Å²) in [4.78, 5) is 16.0. The predicted octanol–water partition coefficient (Wildman–Crippen LogP) is 4.49. The fourth-order valence-electron chi connectivity index (χ4n) is 2.77. The summed E-state index contributed by atoms with van der Waals surface area (Å²) in [6.45, 7) is 0. The molecule has 5 nitrogen and oxygen atoms in total. The van der Waals surface area contributed by atoms with Gasteiger partial charge in [0.15, 0.2) is 5.76 Å². The number of hydrogen-bond donors (Lipinski definition) is 1. The van der Waals surface area contributed by atoms with Crippen LogP contribution in [0.3, 0.4) is 0 Å². The Bertz CT molecular complexity index is 1130. The molecule has 2 aromatic carbocycles. The largest absolute Gasteiger partial charge is 0.497 e. The molecule has 0 amide bonds. The van der Waals surface area contributed by atoms with Gasteiger partial charge in [-0.3, -0.25) is 0 Å². The first-order chi connectivity index (χ1) is 12.0. The third-order valence-corrected chi connectivity index (χ3v) is 3.98. The number of carboxylic acids is 1. The third kappa shape index (κ3) is 2.57. The van der Waals surface area contributed by atoms with E-state index in [1.807, 2.05) is 6.07 Å². The van der Waals surface area contributed by atoms with Crippen molar-refractivity contribution in [2.24, 2.45) is 0 Å². The lowest BCUT2D eigenvalue weighted by molar-refractivity contribution is 0.0699. The molecule has 0 saturated carbocycles. The number of rotatable bonds is 3. The number of halogens is 1. The molecule has 0 spiro atoms. The number of fused-ring (bicyclic) bond motifs is 2. The Kier molecular flexibility index (Phi) is 3.39. The van der Waals surface area contributed by atoms with Gasteiger partial charge in [0.2, 0.25) is 0 Å². The summed E-state index contributed by atoms with van der Waals surface area (Å²) in [6.07, 6.45) is 0. The molecule has 6 heteroatoms. The molecular formula is C19H12FNO4. The third-order valence-electron chi connectivity index (χ3n) is 3.98. The van der Waals surface area contributed by atoms with Crippen LogP contribution in [0, 0.1) is 5.82 Å². The number of hydrogen-bond acceptors (Lipinski definition) is 4. The second kappa shape index (κ2) is 5.59. The lowest BCUT2D eigenvalue weighted by Gasteiger charge is -2.05. The summed E-state index contributed by atoms with van der Waals surface area (Å²) in [7, 11) is 1.56. The van der Waals surface area contributed by atoms with E-state index in [4.69, 9.17) is 9.15 Å². The van der Waals surface area contributed by atoms with E-state index in [1.54, 1.807) is 25.3 Å². The van der Waals surface area contributed by atoms with Gasteiger partial charge in [0, 0.05) is 16.8 Å². The van der Waals surface area contributed by atoms with Gasteiger partial charge in [-0.2, -0.15) is 0 Å². The lowest BCUT2D eigenvalue weighted by Crippen LogP contribution is -2.00. The summed E-state index contributed by atoms with van der Waals surface area (Å²) < 4.78 is 24.4. The van der Waals surface area contributed by atoms with Gasteiger partial charge in [-0.25, -0.2) is 14.2 Å². The van der Waals surface area contributed by atoms with E-state index in [0.29, 0.717) is 28.3 Å². The highest BCUT2D eigenvalue weighted by atomic mass is 19.1. The number of carbonyl (C=O) groups is 1. The first kappa shape index (κ1) is 15.1. The molecule has 0 radical (unpaired) electrons. The van der Waals surface area contributed by atoms with Crippen LogP contribution in [0.25, 0.3) is 33.3 Å². The predicted molar refractivity (Wildman–Crippen MR) is 90.4 cm³/mol. The number of furan rings is 1. The van der Waals surface area contributed by atoms with Crippen LogP contribution in [0.1, 0.15) is 10.4 Å². The maximum Gasteiger partial charge on any atom is 0.336 e. The maximum absolute atomic E-state index is 13.5. The van der Waals surface area contributed by atoms with Crippen molar-refractivity contribution in [3.05, 3.63) is 59.9 Å². The van der Waals surface area contributed by atoms with Crippen molar-refractivity contribution in [1.29, 1.82) is 0 Å². The zero-order chi connectivity index (χ0) is 17.6. The first-order valence-electron chi connectivity index (χ1n) is 7.47. The summed E-state index contributed by atoms with van der Waals surface area (Å²) in [6, 6.07) is 12.4. The van der Waals surface area contributed by atoms with Crippen molar-refractivity contribution in [3.8, 4) is 17.2 Å². The van der Waals surface area contributed by atoms with Crippen LogP contribution in [0.5, 0.6) is 5.75 Å². The number of ether oxygens (including phenoxy) is 1. The number of methoxy groups -OCH3 is 1. The zero-order valence-corrected chi connectivity index (χ0v) is 13.1. The minimum atomic E-state index is -1.16. The van der Waals surface area contributed by atoms with Gasteiger partial charge in [-0.15, -0.1) is 0 Å². The number of benzene rings is 2. The molecule has 124 valence electrons. The summed E-state index contributed by atoms with van der Waals surface area (Å²) in [5.74, 6) is -0.587. The number of aromatic nitrogens is 1. The van der Waals surface area contributed by atoms with Crippen molar-refractivity contribution in [2.75, 3.05) is 7.11 Å². The van der Waals surface area contributed by atoms with Gasteiger partial charge in [0.05, 0.1) is 18.2 Å². The van der Waals surface area contributed by atoms with Gasteiger partial charge in [0.1, 0.15) is 22.8 Å². The van der Waals surface area contributed by atoms with E-state index in [1.165, 1.54) is 24.3 Å². The normalized spacial score (nSPS) is 11.1. The summed E-state index contributed by atoms with van der Waals surface area (Å²) >= 11 is 0. The molecular weight excluding hydrogens is 325 g/mol. The van der Waals surface area contributed by atoms with Crippen molar-refractivity contribution >= 4 is 27.8 Å². The highest BCUT2D eigenvalue weighted by molar-refractivity contribution is 6.03. The average Bonchev–Trinajstić information content (AvgIpc) is 3.03. The SMILES string of the molecule is COc1ccc2cc(-c3cc(C(=O)O)c4cc(F)ccc4n3)oc2c1. The molecule has 25 heavy (non-hydrogen) atoms. The second-order valence-electron chi connectivity index (χ2n) is 5.54. The number of aromatic carboxylic acids is 1. The van der Waals surface area contributed by atoms with Gasteiger partial charge in [-0.1, -0.05) is 0 Å². The van der Waals surface area contributed by atoms with E-state index in [2.05, 4.69) is 4.98 Å². The quantitative estimate of drug-likeness (QED) is 0.596. The summed E-state index contributed by atoms with van der Waals surface area (Å²) in [5.41, 5.74) is 1.32. The first-order valence-corrected chi connectivity index (χ1v) is 7.47. The standard InChI is InChI=1S/C19H12FNO4/c1-24-12-4-2-10-6-18(25-17(10)8-12)16-9-14(19(22)23)13-7-11(20)3-5-15(13)21-16/h2-9H,1H3,(H,22,23). The molecule has 0 fully saturated rings. The van der Waals surface area contributed by atoms with E-state index in [0.717, 1.165) is 5.39 Å². The molecule has 0 atom stereocenters. The highest BCUT2D eigenvalue weighted by Gasteiger charge is 2.16.